The number of rotatable bonds is 2. The van der Waals surface area contributed by atoms with Crippen molar-refractivity contribution in [3.05, 3.63) is 30.1 Å². The van der Waals surface area contributed by atoms with Gasteiger partial charge >= 0.3 is 6.18 Å². The standard InChI is InChI=1S/C11H11F4NO/c12-8-3-1-2-4-9(8)17-10(11(13,14)15)5-6-16-7-10/h1-4,16H,5-7H2. The van der Waals surface area contributed by atoms with Crippen LogP contribution in [0.4, 0.5) is 17.6 Å². The second-order valence-corrected chi connectivity index (χ2v) is 3.95. The first-order chi connectivity index (χ1) is 7.95. The molecule has 94 valence electrons. The summed E-state index contributed by atoms with van der Waals surface area (Å²) in [5, 5.41) is 2.59. The summed E-state index contributed by atoms with van der Waals surface area (Å²) in [5.41, 5.74) is -2.32. The van der Waals surface area contributed by atoms with Crippen LogP contribution in [0, 0.1) is 5.82 Å². The molecule has 0 spiro atoms. The fraction of sp³-hybridized carbons (Fsp3) is 0.455. The molecule has 1 saturated heterocycles. The molecule has 2 nitrogen and oxygen atoms in total. The Labute approximate surface area is 95.6 Å². The van der Waals surface area contributed by atoms with Crippen LogP contribution in [0.3, 0.4) is 0 Å². The Kier molecular flexibility index (Phi) is 2.99. The number of hydrogen-bond acceptors (Lipinski definition) is 2. The quantitative estimate of drug-likeness (QED) is 0.813. The van der Waals surface area contributed by atoms with E-state index in [-0.39, 0.29) is 25.3 Å². The SMILES string of the molecule is Fc1ccccc1OC1(C(F)(F)F)CCNC1. The minimum atomic E-state index is -4.53. The second kappa shape index (κ2) is 4.18. The molecule has 1 aliphatic rings. The van der Waals surface area contributed by atoms with Crippen molar-refractivity contribution in [2.24, 2.45) is 0 Å². The highest BCUT2D eigenvalue weighted by Gasteiger charge is 2.59. The van der Waals surface area contributed by atoms with E-state index in [4.69, 9.17) is 4.74 Å². The number of ether oxygens (including phenoxy) is 1. The third kappa shape index (κ3) is 2.22. The Morgan fingerprint density at radius 1 is 1.24 bits per heavy atom. The summed E-state index contributed by atoms with van der Waals surface area (Å²) in [7, 11) is 0. The highest BCUT2D eigenvalue weighted by molar-refractivity contribution is 5.25. The van der Waals surface area contributed by atoms with E-state index in [9.17, 15) is 17.6 Å². The second-order valence-electron chi connectivity index (χ2n) is 3.95. The molecule has 0 bridgehead atoms. The molecule has 0 radical (unpaired) electrons. The maximum absolute atomic E-state index is 13.3. The van der Waals surface area contributed by atoms with E-state index >= 15 is 0 Å². The van der Waals surface area contributed by atoms with Crippen molar-refractivity contribution >= 4 is 0 Å². The van der Waals surface area contributed by atoms with Gasteiger partial charge in [-0.05, 0) is 18.7 Å². The van der Waals surface area contributed by atoms with Crippen LogP contribution < -0.4 is 10.1 Å². The zero-order chi connectivity index (χ0) is 12.5. The normalized spacial score (nSPS) is 24.9. The van der Waals surface area contributed by atoms with Crippen LogP contribution in [0.25, 0.3) is 0 Å². The zero-order valence-electron chi connectivity index (χ0n) is 8.85. The monoisotopic (exact) mass is 249 g/mol. The lowest BCUT2D eigenvalue weighted by Crippen LogP contribution is -2.52. The predicted molar refractivity (Wildman–Crippen MR) is 53.3 cm³/mol. The molecule has 1 aromatic carbocycles. The molecule has 1 atom stereocenters. The van der Waals surface area contributed by atoms with Crippen LogP contribution in [0.5, 0.6) is 5.75 Å². The van der Waals surface area contributed by atoms with Crippen LogP contribution >= 0.6 is 0 Å². The highest BCUT2D eigenvalue weighted by Crippen LogP contribution is 2.39. The lowest BCUT2D eigenvalue weighted by molar-refractivity contribution is -0.241. The average molecular weight is 249 g/mol. The molecule has 1 aromatic rings. The molecule has 1 heterocycles. The maximum atomic E-state index is 13.3. The average Bonchev–Trinajstić information content (AvgIpc) is 2.70. The first-order valence-corrected chi connectivity index (χ1v) is 5.16. The van der Waals surface area contributed by atoms with Gasteiger partial charge in [0.2, 0.25) is 5.60 Å². The predicted octanol–water partition coefficient (Wildman–Crippen LogP) is 2.50. The minimum absolute atomic E-state index is 0.202. The number of para-hydroxylation sites is 1. The third-order valence-corrected chi connectivity index (χ3v) is 2.77. The van der Waals surface area contributed by atoms with Crippen LogP contribution in [0.15, 0.2) is 24.3 Å². The minimum Gasteiger partial charge on any atom is -0.473 e. The van der Waals surface area contributed by atoms with Gasteiger partial charge in [-0.3, -0.25) is 0 Å². The molecule has 1 aliphatic heterocycles. The van der Waals surface area contributed by atoms with Gasteiger partial charge in [0.25, 0.3) is 0 Å². The maximum Gasteiger partial charge on any atom is 0.429 e. The van der Waals surface area contributed by atoms with Gasteiger partial charge in [0.1, 0.15) is 0 Å². The third-order valence-electron chi connectivity index (χ3n) is 2.77. The fourth-order valence-electron chi connectivity index (χ4n) is 1.79. The summed E-state index contributed by atoms with van der Waals surface area (Å²) in [6.07, 6.45) is -4.75. The molecule has 17 heavy (non-hydrogen) atoms. The molecule has 2 rings (SSSR count). The molecule has 1 unspecified atom stereocenters. The summed E-state index contributed by atoms with van der Waals surface area (Å²) in [5.74, 6) is -1.16. The highest BCUT2D eigenvalue weighted by atomic mass is 19.4. The van der Waals surface area contributed by atoms with E-state index in [1.54, 1.807) is 0 Å². The summed E-state index contributed by atoms with van der Waals surface area (Å²) in [4.78, 5) is 0. The Bertz CT molecular complexity index is 399. The van der Waals surface area contributed by atoms with E-state index < -0.39 is 17.6 Å². The van der Waals surface area contributed by atoms with E-state index in [0.717, 1.165) is 6.07 Å². The van der Waals surface area contributed by atoms with E-state index in [0.29, 0.717) is 0 Å². The van der Waals surface area contributed by atoms with Crippen LogP contribution in [-0.2, 0) is 0 Å². The van der Waals surface area contributed by atoms with E-state index in [1.807, 2.05) is 0 Å². The van der Waals surface area contributed by atoms with Gasteiger partial charge in [0, 0.05) is 13.0 Å². The van der Waals surface area contributed by atoms with Gasteiger partial charge in [-0.1, -0.05) is 12.1 Å². The Balaban J connectivity index is 2.28. The van der Waals surface area contributed by atoms with E-state index in [1.165, 1.54) is 18.2 Å². The van der Waals surface area contributed by atoms with Gasteiger partial charge in [-0.2, -0.15) is 13.2 Å². The molecular formula is C11H11F4NO. The summed E-state index contributed by atoms with van der Waals surface area (Å²) in [6, 6.07) is 5.10. The summed E-state index contributed by atoms with van der Waals surface area (Å²) in [6.45, 7) is -0.154. The zero-order valence-corrected chi connectivity index (χ0v) is 8.85. The topological polar surface area (TPSA) is 21.3 Å². The number of hydrogen-bond donors (Lipinski definition) is 1. The number of alkyl halides is 3. The van der Waals surface area contributed by atoms with E-state index in [2.05, 4.69) is 5.32 Å². The first-order valence-electron chi connectivity index (χ1n) is 5.16. The molecule has 1 N–H and O–H groups in total. The van der Waals surface area contributed by atoms with Gasteiger partial charge in [0.05, 0.1) is 0 Å². The Morgan fingerprint density at radius 3 is 2.47 bits per heavy atom. The van der Waals surface area contributed by atoms with Gasteiger partial charge < -0.3 is 10.1 Å². The van der Waals surface area contributed by atoms with Gasteiger partial charge in [0.15, 0.2) is 11.6 Å². The largest absolute Gasteiger partial charge is 0.473 e. The van der Waals surface area contributed by atoms with Gasteiger partial charge in [-0.25, -0.2) is 4.39 Å². The molecular weight excluding hydrogens is 238 g/mol. The molecule has 0 aliphatic carbocycles. The number of benzene rings is 1. The van der Waals surface area contributed by atoms with Gasteiger partial charge in [-0.15, -0.1) is 0 Å². The van der Waals surface area contributed by atoms with Crippen molar-refractivity contribution < 1.29 is 22.3 Å². The van der Waals surface area contributed by atoms with Crippen molar-refractivity contribution in [1.82, 2.24) is 5.32 Å². The van der Waals surface area contributed by atoms with Crippen LogP contribution in [0.1, 0.15) is 6.42 Å². The van der Waals surface area contributed by atoms with Crippen molar-refractivity contribution in [3.8, 4) is 5.75 Å². The van der Waals surface area contributed by atoms with Crippen molar-refractivity contribution in [3.63, 3.8) is 0 Å². The number of halogens is 4. The van der Waals surface area contributed by atoms with Crippen molar-refractivity contribution in [2.75, 3.05) is 13.1 Å². The van der Waals surface area contributed by atoms with Crippen molar-refractivity contribution in [2.45, 2.75) is 18.2 Å². The lowest BCUT2D eigenvalue weighted by atomic mass is 10.0. The fourth-order valence-corrected chi connectivity index (χ4v) is 1.79. The molecule has 0 amide bonds. The molecule has 1 fully saturated rings. The summed E-state index contributed by atoms with van der Waals surface area (Å²) < 4.78 is 57.0. The molecule has 0 saturated carbocycles. The first kappa shape index (κ1) is 12.2. The lowest BCUT2D eigenvalue weighted by Gasteiger charge is -2.31. The molecule has 6 heteroatoms. The number of nitrogens with one attached hydrogen (secondary N) is 1. The molecule has 0 aromatic heterocycles. The van der Waals surface area contributed by atoms with Crippen molar-refractivity contribution in [1.29, 1.82) is 0 Å². The Morgan fingerprint density at radius 2 is 1.94 bits per heavy atom. The Hall–Kier alpha value is -1.30. The van der Waals surface area contributed by atoms with Crippen LogP contribution in [0.2, 0.25) is 0 Å². The smallest absolute Gasteiger partial charge is 0.429 e. The van der Waals surface area contributed by atoms with Crippen LogP contribution in [-0.4, -0.2) is 24.9 Å². The summed E-state index contributed by atoms with van der Waals surface area (Å²) >= 11 is 0.